The lowest BCUT2D eigenvalue weighted by Crippen LogP contribution is -2.38. The average Bonchev–Trinajstić information content (AvgIpc) is 3.33. The van der Waals surface area contributed by atoms with Crippen molar-refractivity contribution in [2.45, 2.75) is 42.1 Å². The molecule has 0 bridgehead atoms. The Kier molecular flexibility index (Phi) is 5.24. The van der Waals surface area contributed by atoms with Crippen LogP contribution in [-0.2, 0) is 7.05 Å². The van der Waals surface area contributed by atoms with Crippen LogP contribution < -0.4 is 5.32 Å². The molecule has 1 amide bonds. The Bertz CT molecular complexity index is 898. The van der Waals surface area contributed by atoms with Gasteiger partial charge in [-0.3, -0.25) is 9.89 Å². The van der Waals surface area contributed by atoms with Crippen LogP contribution in [0, 0.1) is 0 Å². The van der Waals surface area contributed by atoms with E-state index in [0.29, 0.717) is 10.9 Å². The molecule has 7 nitrogen and oxygen atoms in total. The van der Waals surface area contributed by atoms with Crippen molar-refractivity contribution in [3.05, 3.63) is 48.5 Å². The van der Waals surface area contributed by atoms with E-state index in [0.717, 1.165) is 42.2 Å². The van der Waals surface area contributed by atoms with Crippen LogP contribution in [0.25, 0.3) is 11.4 Å². The van der Waals surface area contributed by atoms with E-state index in [1.54, 1.807) is 30.2 Å². The van der Waals surface area contributed by atoms with E-state index < -0.39 is 0 Å². The van der Waals surface area contributed by atoms with Crippen LogP contribution in [0.1, 0.15) is 36.2 Å². The summed E-state index contributed by atoms with van der Waals surface area (Å²) in [7, 11) is 1.96. The second-order valence-corrected chi connectivity index (χ2v) is 8.04. The number of hydrogen-bond acceptors (Lipinski definition) is 5. The van der Waals surface area contributed by atoms with E-state index in [2.05, 4.69) is 25.5 Å². The lowest BCUT2D eigenvalue weighted by Gasteiger charge is -2.28. The number of carbonyl (C=O) groups excluding carboxylic acids is 1. The summed E-state index contributed by atoms with van der Waals surface area (Å²) < 4.78 is 1.98. The second kappa shape index (κ2) is 7.96. The van der Waals surface area contributed by atoms with Crippen LogP contribution in [0.3, 0.4) is 0 Å². The predicted molar refractivity (Wildman–Crippen MR) is 104 cm³/mol. The molecule has 0 unspecified atom stereocenters. The Balaban J connectivity index is 1.30. The van der Waals surface area contributed by atoms with Gasteiger partial charge in [0.05, 0.1) is 5.69 Å². The molecule has 0 aromatic carbocycles. The molecule has 27 heavy (non-hydrogen) atoms. The van der Waals surface area contributed by atoms with Crippen LogP contribution >= 0.6 is 11.8 Å². The highest BCUT2D eigenvalue weighted by Crippen LogP contribution is 2.31. The first-order valence-electron chi connectivity index (χ1n) is 9.10. The zero-order valence-electron chi connectivity index (χ0n) is 15.1. The molecule has 3 aromatic rings. The molecular weight excluding hydrogens is 360 g/mol. The van der Waals surface area contributed by atoms with E-state index in [-0.39, 0.29) is 11.9 Å². The van der Waals surface area contributed by atoms with Crippen molar-refractivity contribution in [2.24, 2.45) is 7.05 Å². The summed E-state index contributed by atoms with van der Waals surface area (Å²) in [6.07, 6.45) is 9.53. The average molecular weight is 382 g/mol. The molecule has 0 saturated heterocycles. The number of nitrogens with zero attached hydrogens (tertiary/aromatic N) is 4. The topological polar surface area (TPSA) is 88.5 Å². The number of H-pyrrole nitrogens is 1. The minimum Gasteiger partial charge on any atom is -0.349 e. The molecule has 0 radical (unpaired) electrons. The van der Waals surface area contributed by atoms with Crippen LogP contribution in [-0.4, -0.2) is 41.9 Å². The van der Waals surface area contributed by atoms with Crippen LogP contribution in [0.4, 0.5) is 0 Å². The first-order valence-corrected chi connectivity index (χ1v) is 9.98. The largest absolute Gasteiger partial charge is 0.349 e. The van der Waals surface area contributed by atoms with Gasteiger partial charge in [0.2, 0.25) is 0 Å². The number of nitrogens with one attached hydrogen (secondary N) is 2. The molecule has 3 aromatic heterocycles. The molecular formula is C19H22N6OS. The molecule has 0 spiro atoms. The molecule has 2 N–H and O–H groups in total. The molecule has 1 saturated carbocycles. The fourth-order valence-corrected chi connectivity index (χ4v) is 4.43. The summed E-state index contributed by atoms with van der Waals surface area (Å²) >= 11 is 1.73. The number of amides is 1. The van der Waals surface area contributed by atoms with Gasteiger partial charge in [-0.25, -0.2) is 9.97 Å². The highest BCUT2D eigenvalue weighted by atomic mass is 32.2. The maximum Gasteiger partial charge on any atom is 0.269 e. The van der Waals surface area contributed by atoms with Crippen molar-refractivity contribution >= 4 is 17.7 Å². The number of aromatic amines is 1. The van der Waals surface area contributed by atoms with Crippen LogP contribution in [0.15, 0.2) is 48.0 Å². The van der Waals surface area contributed by atoms with E-state index in [1.165, 1.54) is 0 Å². The van der Waals surface area contributed by atoms with Gasteiger partial charge in [-0.2, -0.15) is 5.10 Å². The van der Waals surface area contributed by atoms with Gasteiger partial charge in [-0.1, -0.05) is 11.8 Å². The Morgan fingerprint density at radius 2 is 2.00 bits per heavy atom. The van der Waals surface area contributed by atoms with Crippen molar-refractivity contribution in [1.29, 1.82) is 0 Å². The Labute approximate surface area is 162 Å². The minimum absolute atomic E-state index is 0.0922. The lowest BCUT2D eigenvalue weighted by atomic mass is 9.95. The normalized spacial score (nSPS) is 19.7. The van der Waals surface area contributed by atoms with Gasteiger partial charge < -0.3 is 9.88 Å². The molecule has 1 aliphatic rings. The van der Waals surface area contributed by atoms with Crippen molar-refractivity contribution in [1.82, 2.24) is 30.0 Å². The lowest BCUT2D eigenvalue weighted by molar-refractivity contribution is 0.0923. The van der Waals surface area contributed by atoms with Gasteiger partial charge in [0, 0.05) is 36.9 Å². The van der Waals surface area contributed by atoms with E-state index >= 15 is 0 Å². The van der Waals surface area contributed by atoms with Crippen molar-refractivity contribution < 1.29 is 4.79 Å². The highest BCUT2D eigenvalue weighted by molar-refractivity contribution is 7.99. The van der Waals surface area contributed by atoms with E-state index in [9.17, 15) is 4.79 Å². The van der Waals surface area contributed by atoms with Gasteiger partial charge in [-0.05, 0) is 49.9 Å². The van der Waals surface area contributed by atoms with Gasteiger partial charge in [-0.15, -0.1) is 0 Å². The number of hydrogen-bond donors (Lipinski definition) is 2. The van der Waals surface area contributed by atoms with Crippen molar-refractivity contribution in [3.8, 4) is 11.4 Å². The number of carbonyl (C=O) groups is 1. The van der Waals surface area contributed by atoms with Gasteiger partial charge >= 0.3 is 0 Å². The number of aryl methyl sites for hydroxylation is 1. The fourth-order valence-electron chi connectivity index (χ4n) is 3.38. The standard InChI is InChI=1S/C19H22N6OS/c1-25-11-2-4-17(25)15-12-16(24-23-15)18(26)22-13-5-7-14(8-6-13)27-19-20-9-3-10-21-19/h2-4,9-14H,5-8H2,1H3,(H,22,26)(H,23,24). The van der Waals surface area contributed by atoms with Crippen molar-refractivity contribution in [2.75, 3.05) is 0 Å². The maximum atomic E-state index is 12.5. The Hall–Kier alpha value is -2.61. The Morgan fingerprint density at radius 3 is 2.70 bits per heavy atom. The first kappa shape index (κ1) is 17.8. The summed E-state index contributed by atoms with van der Waals surface area (Å²) in [5, 5.41) is 11.6. The Morgan fingerprint density at radius 1 is 1.22 bits per heavy atom. The zero-order chi connectivity index (χ0) is 18.6. The maximum absolute atomic E-state index is 12.5. The summed E-state index contributed by atoms with van der Waals surface area (Å²) in [6.45, 7) is 0. The summed E-state index contributed by atoms with van der Waals surface area (Å²) in [5.41, 5.74) is 2.25. The molecule has 8 heteroatoms. The van der Waals surface area contributed by atoms with Crippen LogP contribution in [0.2, 0.25) is 0 Å². The molecule has 1 aliphatic carbocycles. The third-order valence-electron chi connectivity index (χ3n) is 4.85. The van der Waals surface area contributed by atoms with E-state index in [4.69, 9.17) is 0 Å². The summed E-state index contributed by atoms with van der Waals surface area (Å²) in [5.74, 6) is -0.0922. The second-order valence-electron chi connectivity index (χ2n) is 6.77. The predicted octanol–water partition coefficient (Wildman–Crippen LogP) is 3.04. The molecule has 0 aliphatic heterocycles. The quantitative estimate of drug-likeness (QED) is 0.662. The smallest absolute Gasteiger partial charge is 0.269 e. The third kappa shape index (κ3) is 4.21. The fraction of sp³-hybridized carbons (Fsp3) is 0.368. The molecule has 140 valence electrons. The zero-order valence-corrected chi connectivity index (χ0v) is 15.9. The van der Waals surface area contributed by atoms with Gasteiger partial charge in [0.1, 0.15) is 11.4 Å². The summed E-state index contributed by atoms with van der Waals surface area (Å²) in [6, 6.07) is 7.77. The van der Waals surface area contributed by atoms with Crippen molar-refractivity contribution in [3.63, 3.8) is 0 Å². The molecule has 1 fully saturated rings. The molecule has 4 rings (SSSR count). The third-order valence-corrected chi connectivity index (χ3v) is 6.08. The number of aromatic nitrogens is 5. The van der Waals surface area contributed by atoms with Gasteiger partial charge in [0.15, 0.2) is 5.16 Å². The number of thioether (sulfide) groups is 1. The van der Waals surface area contributed by atoms with E-state index in [1.807, 2.05) is 36.0 Å². The minimum atomic E-state index is -0.0922. The highest BCUT2D eigenvalue weighted by Gasteiger charge is 2.24. The van der Waals surface area contributed by atoms with Crippen LogP contribution in [0.5, 0.6) is 0 Å². The summed E-state index contributed by atoms with van der Waals surface area (Å²) in [4.78, 5) is 21.1. The first-order chi connectivity index (χ1) is 13.2. The van der Waals surface area contributed by atoms with Gasteiger partial charge in [0.25, 0.3) is 5.91 Å². The molecule has 0 atom stereocenters. The monoisotopic (exact) mass is 382 g/mol. The molecule has 3 heterocycles. The number of rotatable bonds is 5. The SMILES string of the molecule is Cn1cccc1-c1cc(C(=O)NC2CCC(Sc3ncccn3)CC2)[nH]n1.